The molecule has 0 bridgehead atoms. The number of carbonyl (C=O) groups excluding carboxylic acids is 3. The summed E-state index contributed by atoms with van der Waals surface area (Å²) in [6.45, 7) is 1.58. The highest BCUT2D eigenvalue weighted by Gasteiger charge is 2.35. The molecule has 3 aromatic carbocycles. The zero-order chi connectivity index (χ0) is 25.2. The van der Waals surface area contributed by atoms with Crippen LogP contribution >= 0.6 is 0 Å². The lowest BCUT2D eigenvalue weighted by molar-refractivity contribution is 0.0331. The van der Waals surface area contributed by atoms with Gasteiger partial charge in [0.1, 0.15) is 16.8 Å². The van der Waals surface area contributed by atoms with Gasteiger partial charge in [-0.05, 0) is 48.9 Å². The molecule has 0 saturated heterocycles. The summed E-state index contributed by atoms with van der Waals surface area (Å²) in [4.78, 5) is 52.2. The van der Waals surface area contributed by atoms with Crippen molar-refractivity contribution in [2.75, 3.05) is 6.61 Å². The Morgan fingerprint density at radius 2 is 1.61 bits per heavy atom. The van der Waals surface area contributed by atoms with Gasteiger partial charge in [0.15, 0.2) is 6.73 Å². The third kappa shape index (κ3) is 4.09. The number of ether oxygens (including phenoxy) is 2. The van der Waals surface area contributed by atoms with Crippen LogP contribution in [0.2, 0.25) is 0 Å². The summed E-state index contributed by atoms with van der Waals surface area (Å²) in [7, 11) is 0. The fraction of sp³-hybridized carbons (Fsp3) is 0.154. The molecule has 0 fully saturated rings. The number of hydrogen-bond donors (Lipinski definition) is 0. The molecule has 4 aromatic rings. The molecule has 1 aliphatic heterocycles. The Bertz CT molecular complexity index is 1540. The molecule has 2 heterocycles. The van der Waals surface area contributed by atoms with E-state index in [4.69, 9.17) is 9.47 Å². The van der Waals surface area contributed by atoms with Crippen molar-refractivity contribution < 1.29 is 23.9 Å². The Kier molecular flexibility index (Phi) is 5.99. The monoisotopic (exact) mass is 484 g/mol. The Morgan fingerprint density at radius 3 is 2.33 bits per heavy atom. The molecule has 1 aromatic heterocycles. The van der Waals surface area contributed by atoms with E-state index in [1.165, 1.54) is 6.07 Å². The maximum atomic E-state index is 13.0. The second-order valence-corrected chi connectivity index (χ2v) is 7.98. The van der Waals surface area contributed by atoms with E-state index in [0.717, 1.165) is 9.58 Å². The molecule has 180 valence electrons. The summed E-state index contributed by atoms with van der Waals surface area (Å²) in [5, 5.41) is 8.14. The van der Waals surface area contributed by atoms with E-state index in [1.54, 1.807) is 67.6 Å². The van der Waals surface area contributed by atoms with Crippen LogP contribution < -0.4 is 10.3 Å². The largest absolute Gasteiger partial charge is 0.493 e. The Morgan fingerprint density at radius 1 is 0.917 bits per heavy atom. The number of fused-ring (bicyclic) bond motifs is 2. The first-order chi connectivity index (χ1) is 17.5. The average Bonchev–Trinajstić information content (AvgIpc) is 3.14. The first-order valence-corrected chi connectivity index (χ1v) is 11.2. The smallest absolute Gasteiger partial charge is 0.343 e. The summed E-state index contributed by atoms with van der Waals surface area (Å²) in [6.07, 6.45) is 0. The fourth-order valence-corrected chi connectivity index (χ4v) is 3.99. The molecule has 0 spiro atoms. The number of imide groups is 1. The highest BCUT2D eigenvalue weighted by molar-refractivity contribution is 6.21. The molecule has 2 amide bonds. The minimum absolute atomic E-state index is 0.0331. The van der Waals surface area contributed by atoms with E-state index < -0.39 is 30.1 Å². The number of benzene rings is 3. The third-order valence-electron chi connectivity index (χ3n) is 5.73. The van der Waals surface area contributed by atoms with Crippen molar-refractivity contribution in [1.29, 1.82) is 0 Å². The molecule has 10 nitrogen and oxygen atoms in total. The second-order valence-electron chi connectivity index (χ2n) is 7.98. The molecule has 0 atom stereocenters. The Balaban J connectivity index is 1.37. The van der Waals surface area contributed by atoms with Crippen LogP contribution in [0.15, 0.2) is 71.5 Å². The van der Waals surface area contributed by atoms with E-state index >= 15 is 0 Å². The SMILES string of the molecule is CCOc1ccc(CN2C(=O)c3ccccc3C2=O)cc1C(=O)OCn1nnc2ccccc2c1=O. The standard InChI is InChI=1S/C26H20N4O6/c1-2-35-22-12-11-16(14-29-23(31)17-7-3-4-8-18(17)24(29)32)13-20(22)26(34)36-15-30-25(33)19-9-5-6-10-21(19)27-28-30/h3-13H,2,14-15H2,1H3. The predicted octanol–water partition coefficient (Wildman–Crippen LogP) is 2.80. The molecule has 0 unspecified atom stereocenters. The van der Waals surface area contributed by atoms with Gasteiger partial charge >= 0.3 is 5.97 Å². The zero-order valence-corrected chi connectivity index (χ0v) is 19.2. The minimum Gasteiger partial charge on any atom is -0.493 e. The van der Waals surface area contributed by atoms with Crippen molar-refractivity contribution >= 4 is 28.7 Å². The molecule has 0 radical (unpaired) electrons. The maximum Gasteiger partial charge on any atom is 0.343 e. The molecule has 0 saturated carbocycles. The zero-order valence-electron chi connectivity index (χ0n) is 19.2. The minimum atomic E-state index is -0.760. The molecular weight excluding hydrogens is 464 g/mol. The van der Waals surface area contributed by atoms with Crippen molar-refractivity contribution in [1.82, 2.24) is 19.9 Å². The predicted molar refractivity (Wildman–Crippen MR) is 127 cm³/mol. The first kappa shape index (κ1) is 22.9. The molecular formula is C26H20N4O6. The molecule has 0 N–H and O–H groups in total. The quantitative estimate of drug-likeness (QED) is 0.290. The van der Waals surface area contributed by atoms with Crippen molar-refractivity contribution in [3.8, 4) is 5.75 Å². The fourth-order valence-electron chi connectivity index (χ4n) is 3.99. The van der Waals surface area contributed by atoms with Gasteiger partial charge in [-0.15, -0.1) is 5.10 Å². The lowest BCUT2D eigenvalue weighted by Gasteiger charge is -2.16. The third-order valence-corrected chi connectivity index (χ3v) is 5.73. The number of carbonyl (C=O) groups is 3. The van der Waals surface area contributed by atoms with E-state index in [9.17, 15) is 19.2 Å². The van der Waals surface area contributed by atoms with Gasteiger partial charge in [-0.3, -0.25) is 19.3 Å². The summed E-state index contributed by atoms with van der Waals surface area (Å²) >= 11 is 0. The normalized spacial score (nSPS) is 12.6. The maximum absolute atomic E-state index is 13.0. The lowest BCUT2D eigenvalue weighted by atomic mass is 10.1. The molecule has 36 heavy (non-hydrogen) atoms. The number of nitrogens with zero attached hydrogens (tertiary/aromatic N) is 4. The van der Waals surface area contributed by atoms with Crippen LogP contribution in [0.5, 0.6) is 5.75 Å². The first-order valence-electron chi connectivity index (χ1n) is 11.2. The lowest BCUT2D eigenvalue weighted by Crippen LogP contribution is -2.29. The summed E-state index contributed by atoms with van der Waals surface area (Å²) in [6, 6.07) is 18.1. The van der Waals surface area contributed by atoms with Crippen molar-refractivity contribution in [3.05, 3.63) is 99.3 Å². The Labute approximate surface area is 204 Å². The van der Waals surface area contributed by atoms with E-state index in [0.29, 0.717) is 34.2 Å². The molecule has 10 heteroatoms. The Hall–Kier alpha value is -4.86. The molecule has 0 aliphatic carbocycles. The van der Waals surface area contributed by atoms with Gasteiger partial charge in [0.25, 0.3) is 17.4 Å². The van der Waals surface area contributed by atoms with Crippen LogP contribution in [0.4, 0.5) is 0 Å². The van der Waals surface area contributed by atoms with Crippen LogP contribution in [-0.4, -0.2) is 44.3 Å². The van der Waals surface area contributed by atoms with E-state index in [1.807, 2.05) is 0 Å². The van der Waals surface area contributed by atoms with Crippen LogP contribution in [0.25, 0.3) is 10.9 Å². The molecule has 5 rings (SSSR count). The second kappa shape index (κ2) is 9.41. The number of esters is 1. The van der Waals surface area contributed by atoms with Gasteiger partial charge in [0.05, 0.1) is 29.7 Å². The van der Waals surface area contributed by atoms with Crippen LogP contribution in [-0.2, 0) is 18.0 Å². The van der Waals surface area contributed by atoms with E-state index in [2.05, 4.69) is 10.3 Å². The summed E-state index contributed by atoms with van der Waals surface area (Å²) < 4.78 is 11.9. The van der Waals surface area contributed by atoms with Crippen LogP contribution in [0, 0.1) is 0 Å². The number of hydrogen-bond acceptors (Lipinski definition) is 8. The van der Waals surface area contributed by atoms with Gasteiger partial charge in [0.2, 0.25) is 0 Å². The number of rotatable bonds is 7. The number of amides is 2. The van der Waals surface area contributed by atoms with Crippen LogP contribution in [0.1, 0.15) is 43.6 Å². The van der Waals surface area contributed by atoms with Gasteiger partial charge in [-0.1, -0.05) is 35.5 Å². The summed E-state index contributed by atoms with van der Waals surface area (Å²) in [5.74, 6) is -1.29. The summed E-state index contributed by atoms with van der Waals surface area (Å²) in [5.41, 5.74) is 1.29. The van der Waals surface area contributed by atoms with Crippen molar-refractivity contribution in [2.45, 2.75) is 20.2 Å². The molecule has 1 aliphatic rings. The van der Waals surface area contributed by atoms with Crippen molar-refractivity contribution in [2.24, 2.45) is 0 Å². The highest BCUT2D eigenvalue weighted by atomic mass is 16.5. The van der Waals surface area contributed by atoms with Gasteiger partial charge in [0, 0.05) is 0 Å². The van der Waals surface area contributed by atoms with Gasteiger partial charge < -0.3 is 9.47 Å². The highest BCUT2D eigenvalue weighted by Crippen LogP contribution is 2.27. The number of aromatic nitrogens is 3. The van der Waals surface area contributed by atoms with Gasteiger partial charge in [-0.25, -0.2) is 4.79 Å². The van der Waals surface area contributed by atoms with Gasteiger partial charge in [-0.2, -0.15) is 4.68 Å². The topological polar surface area (TPSA) is 121 Å². The van der Waals surface area contributed by atoms with Crippen molar-refractivity contribution in [3.63, 3.8) is 0 Å². The van der Waals surface area contributed by atoms with E-state index in [-0.39, 0.29) is 17.9 Å². The van der Waals surface area contributed by atoms with Crippen LogP contribution in [0.3, 0.4) is 0 Å². The average molecular weight is 484 g/mol.